The van der Waals surface area contributed by atoms with Crippen LogP contribution >= 0.6 is 0 Å². The highest BCUT2D eigenvalue weighted by molar-refractivity contribution is 5.13. The van der Waals surface area contributed by atoms with E-state index in [1.165, 1.54) is 6.33 Å². The molecule has 0 bridgehead atoms. The summed E-state index contributed by atoms with van der Waals surface area (Å²) in [5, 5.41) is 9.59. The quantitative estimate of drug-likeness (QED) is 0.676. The molecule has 2 atom stereocenters. The van der Waals surface area contributed by atoms with Gasteiger partial charge in [-0.1, -0.05) is 6.42 Å². The molecule has 64 valence electrons. The average Bonchev–Trinajstić information content (AvgIpc) is 2.53. The van der Waals surface area contributed by atoms with E-state index >= 15 is 0 Å². The maximum atomic E-state index is 9.59. The van der Waals surface area contributed by atoms with Crippen molar-refractivity contribution >= 4 is 0 Å². The van der Waals surface area contributed by atoms with E-state index in [2.05, 4.69) is 9.97 Å². The van der Waals surface area contributed by atoms with E-state index in [-0.39, 0.29) is 12.0 Å². The third kappa shape index (κ3) is 1.32. The SMILES string of the molecule is O[C@H]1CCC[C@H]1c1cncnc1. The van der Waals surface area contributed by atoms with Crippen molar-refractivity contribution < 1.29 is 5.11 Å². The molecule has 1 aliphatic carbocycles. The van der Waals surface area contributed by atoms with Gasteiger partial charge in [-0.15, -0.1) is 0 Å². The zero-order chi connectivity index (χ0) is 8.39. The summed E-state index contributed by atoms with van der Waals surface area (Å²) in [5.74, 6) is 0.270. The topological polar surface area (TPSA) is 46.0 Å². The van der Waals surface area contributed by atoms with Gasteiger partial charge in [0.1, 0.15) is 6.33 Å². The monoisotopic (exact) mass is 164 g/mol. The van der Waals surface area contributed by atoms with Crippen molar-refractivity contribution in [1.29, 1.82) is 0 Å². The smallest absolute Gasteiger partial charge is 0.115 e. The highest BCUT2D eigenvalue weighted by Gasteiger charge is 2.26. The molecule has 1 N–H and O–H groups in total. The molecule has 0 aromatic carbocycles. The van der Waals surface area contributed by atoms with Gasteiger partial charge in [0, 0.05) is 18.3 Å². The van der Waals surface area contributed by atoms with E-state index in [0.717, 1.165) is 24.8 Å². The van der Waals surface area contributed by atoms with Crippen LogP contribution in [0.4, 0.5) is 0 Å². The Morgan fingerprint density at radius 2 is 2.00 bits per heavy atom. The highest BCUT2D eigenvalue weighted by Crippen LogP contribution is 2.33. The number of rotatable bonds is 1. The van der Waals surface area contributed by atoms with E-state index in [1.807, 2.05) is 0 Å². The van der Waals surface area contributed by atoms with Gasteiger partial charge < -0.3 is 5.11 Å². The minimum Gasteiger partial charge on any atom is -0.392 e. The predicted octanol–water partition coefficient (Wildman–Crippen LogP) is 1.10. The number of hydrogen-bond donors (Lipinski definition) is 1. The first-order chi connectivity index (χ1) is 5.88. The number of hydrogen-bond acceptors (Lipinski definition) is 3. The first kappa shape index (κ1) is 7.68. The summed E-state index contributed by atoms with van der Waals surface area (Å²) in [6.45, 7) is 0. The maximum Gasteiger partial charge on any atom is 0.115 e. The second-order valence-electron chi connectivity index (χ2n) is 3.28. The Kier molecular flexibility index (Phi) is 2.04. The molecule has 2 rings (SSSR count). The number of nitrogens with zero attached hydrogens (tertiary/aromatic N) is 2. The number of aliphatic hydroxyl groups excluding tert-OH is 1. The molecule has 1 heterocycles. The van der Waals surface area contributed by atoms with E-state index in [1.54, 1.807) is 12.4 Å². The van der Waals surface area contributed by atoms with Gasteiger partial charge in [-0.2, -0.15) is 0 Å². The Balaban J connectivity index is 2.19. The molecule has 0 radical (unpaired) electrons. The maximum absolute atomic E-state index is 9.59. The Morgan fingerprint density at radius 1 is 1.25 bits per heavy atom. The van der Waals surface area contributed by atoms with E-state index in [4.69, 9.17) is 0 Å². The predicted molar refractivity (Wildman–Crippen MR) is 44.6 cm³/mol. The molecule has 12 heavy (non-hydrogen) atoms. The summed E-state index contributed by atoms with van der Waals surface area (Å²) >= 11 is 0. The summed E-state index contributed by atoms with van der Waals surface area (Å²) in [6, 6.07) is 0. The summed E-state index contributed by atoms with van der Waals surface area (Å²) < 4.78 is 0. The van der Waals surface area contributed by atoms with Crippen LogP contribution in [0.15, 0.2) is 18.7 Å². The summed E-state index contributed by atoms with van der Waals surface area (Å²) in [5.41, 5.74) is 1.07. The standard InChI is InChI=1S/C9H12N2O/c12-9-3-1-2-8(9)7-4-10-6-11-5-7/h4-6,8-9,12H,1-3H2/t8-,9-/m0/s1. The van der Waals surface area contributed by atoms with Gasteiger partial charge in [0.2, 0.25) is 0 Å². The molecule has 3 nitrogen and oxygen atoms in total. The molecule has 1 aliphatic rings. The minimum absolute atomic E-state index is 0.184. The fraction of sp³-hybridized carbons (Fsp3) is 0.556. The minimum atomic E-state index is -0.184. The lowest BCUT2D eigenvalue weighted by molar-refractivity contribution is 0.163. The lowest BCUT2D eigenvalue weighted by Crippen LogP contribution is -2.11. The zero-order valence-corrected chi connectivity index (χ0v) is 6.85. The van der Waals surface area contributed by atoms with Crippen molar-refractivity contribution in [1.82, 2.24) is 9.97 Å². The third-order valence-electron chi connectivity index (χ3n) is 2.49. The van der Waals surface area contributed by atoms with Crippen LogP contribution in [0.1, 0.15) is 30.7 Å². The second-order valence-corrected chi connectivity index (χ2v) is 3.28. The van der Waals surface area contributed by atoms with Gasteiger partial charge in [-0.3, -0.25) is 0 Å². The van der Waals surface area contributed by atoms with E-state index in [0.29, 0.717) is 0 Å². The Hall–Kier alpha value is -0.960. The van der Waals surface area contributed by atoms with Crippen molar-refractivity contribution in [3.63, 3.8) is 0 Å². The Bertz CT molecular complexity index is 250. The van der Waals surface area contributed by atoms with E-state index in [9.17, 15) is 5.11 Å². The number of aliphatic hydroxyl groups is 1. The normalized spacial score (nSPS) is 29.1. The van der Waals surface area contributed by atoms with Crippen LogP contribution in [-0.4, -0.2) is 21.2 Å². The average molecular weight is 164 g/mol. The molecule has 1 fully saturated rings. The molecule has 1 aromatic heterocycles. The van der Waals surface area contributed by atoms with Gasteiger partial charge in [-0.25, -0.2) is 9.97 Å². The van der Waals surface area contributed by atoms with Crippen LogP contribution in [0.2, 0.25) is 0 Å². The van der Waals surface area contributed by atoms with Gasteiger partial charge in [0.15, 0.2) is 0 Å². The first-order valence-electron chi connectivity index (χ1n) is 4.31. The fourth-order valence-corrected chi connectivity index (χ4v) is 1.83. The van der Waals surface area contributed by atoms with Crippen molar-refractivity contribution in [3.05, 3.63) is 24.3 Å². The molecular weight excluding hydrogens is 152 g/mol. The van der Waals surface area contributed by atoms with Crippen LogP contribution in [0, 0.1) is 0 Å². The van der Waals surface area contributed by atoms with Crippen LogP contribution in [0.3, 0.4) is 0 Å². The molecule has 3 heteroatoms. The highest BCUT2D eigenvalue weighted by atomic mass is 16.3. The molecule has 1 aromatic rings. The lowest BCUT2D eigenvalue weighted by Gasteiger charge is -2.12. The molecular formula is C9H12N2O. The van der Waals surface area contributed by atoms with Crippen molar-refractivity contribution in [3.8, 4) is 0 Å². The Morgan fingerprint density at radius 3 is 2.58 bits per heavy atom. The van der Waals surface area contributed by atoms with Crippen molar-refractivity contribution in [2.24, 2.45) is 0 Å². The molecule has 0 saturated heterocycles. The largest absolute Gasteiger partial charge is 0.392 e. The zero-order valence-electron chi connectivity index (χ0n) is 6.85. The molecule has 0 aliphatic heterocycles. The van der Waals surface area contributed by atoms with Gasteiger partial charge in [-0.05, 0) is 18.4 Å². The van der Waals surface area contributed by atoms with Gasteiger partial charge in [0.25, 0.3) is 0 Å². The Labute approximate surface area is 71.5 Å². The van der Waals surface area contributed by atoms with Gasteiger partial charge in [0.05, 0.1) is 6.10 Å². The molecule has 0 spiro atoms. The van der Waals surface area contributed by atoms with Crippen LogP contribution in [-0.2, 0) is 0 Å². The fourth-order valence-electron chi connectivity index (χ4n) is 1.83. The molecule has 0 unspecified atom stereocenters. The second kappa shape index (κ2) is 3.19. The number of aromatic nitrogens is 2. The van der Waals surface area contributed by atoms with Crippen molar-refractivity contribution in [2.75, 3.05) is 0 Å². The third-order valence-corrected chi connectivity index (χ3v) is 2.49. The lowest BCUT2D eigenvalue weighted by atomic mass is 9.99. The van der Waals surface area contributed by atoms with E-state index < -0.39 is 0 Å². The van der Waals surface area contributed by atoms with Crippen LogP contribution < -0.4 is 0 Å². The van der Waals surface area contributed by atoms with Crippen LogP contribution in [0.25, 0.3) is 0 Å². The summed E-state index contributed by atoms with van der Waals surface area (Å²) in [4.78, 5) is 7.88. The van der Waals surface area contributed by atoms with Crippen LogP contribution in [0.5, 0.6) is 0 Å². The first-order valence-corrected chi connectivity index (χ1v) is 4.31. The van der Waals surface area contributed by atoms with Crippen molar-refractivity contribution in [2.45, 2.75) is 31.3 Å². The molecule has 0 amide bonds. The van der Waals surface area contributed by atoms with Gasteiger partial charge >= 0.3 is 0 Å². The molecule has 1 saturated carbocycles. The summed E-state index contributed by atoms with van der Waals surface area (Å²) in [7, 11) is 0. The summed E-state index contributed by atoms with van der Waals surface area (Å²) in [6.07, 6.45) is 8.02.